The molecule has 4 rings (SSSR count). The van der Waals surface area contributed by atoms with Crippen LogP contribution in [0.4, 0.5) is 4.79 Å². The van der Waals surface area contributed by atoms with E-state index in [-0.39, 0.29) is 28.8 Å². The number of carboxylic acid groups (broad SMARTS) is 1. The molecule has 11 heteroatoms. The number of aliphatic carboxylic acids is 1. The second-order valence-electron chi connectivity index (χ2n) is 10.6. The minimum atomic E-state index is -0.833. The number of nitrogens with zero attached hydrogens (tertiary/aromatic N) is 4. The number of hydrogen-bond donors (Lipinski definition) is 2. The lowest BCUT2D eigenvalue weighted by atomic mass is 9.92. The van der Waals surface area contributed by atoms with E-state index in [2.05, 4.69) is 4.57 Å². The molecule has 0 radical (unpaired) electrons. The highest BCUT2D eigenvalue weighted by Gasteiger charge is 2.31. The van der Waals surface area contributed by atoms with Crippen LogP contribution in [0.25, 0.3) is 17.0 Å². The number of amides is 1. The number of hydrogen-bond acceptors (Lipinski definition) is 7. The highest BCUT2D eigenvalue weighted by Crippen LogP contribution is 2.37. The van der Waals surface area contributed by atoms with Crippen LogP contribution in [-0.2, 0) is 16.1 Å². The molecule has 37 heavy (non-hydrogen) atoms. The summed E-state index contributed by atoms with van der Waals surface area (Å²) in [4.78, 5) is 38.9. The van der Waals surface area contributed by atoms with E-state index in [4.69, 9.17) is 19.6 Å². The van der Waals surface area contributed by atoms with Gasteiger partial charge in [0.25, 0.3) is 5.97 Å². The molecule has 0 aromatic carbocycles. The monoisotopic (exact) mass is 517 g/mol. The first-order valence-electron chi connectivity index (χ1n) is 12.3. The summed E-state index contributed by atoms with van der Waals surface area (Å²) < 4.78 is 7.75. The normalized spacial score (nSPS) is 16.5. The van der Waals surface area contributed by atoms with E-state index in [0.717, 1.165) is 48.6 Å². The summed E-state index contributed by atoms with van der Waals surface area (Å²) in [6.07, 6.45) is 7.26. The minimum Gasteiger partial charge on any atom is -0.481 e. The van der Waals surface area contributed by atoms with E-state index in [0.29, 0.717) is 19.0 Å². The Morgan fingerprint density at radius 3 is 2.32 bits per heavy atom. The first-order chi connectivity index (χ1) is 16.9. The van der Waals surface area contributed by atoms with Gasteiger partial charge < -0.3 is 25.5 Å². The second-order valence-corrected chi connectivity index (χ2v) is 10.6. The molecule has 1 aliphatic carbocycles. The van der Waals surface area contributed by atoms with Crippen molar-refractivity contribution in [3.05, 3.63) is 45.5 Å². The molecular formula is C26H39N5O6. The number of likely N-dealkylation sites (tertiary alicyclic amines) is 1. The molecule has 1 amide bonds. The van der Waals surface area contributed by atoms with Gasteiger partial charge in [-0.25, -0.2) is 4.79 Å². The van der Waals surface area contributed by atoms with Gasteiger partial charge >= 0.3 is 6.09 Å². The number of rotatable bonds is 5. The standard InChI is InChI=1S/C24H32N4O4.C2H4O2.H3N/c1-16(28(30)31)13-20-14-19-7-10-25-21(22(19)27(20)15-17-5-6-17)18-8-11-26(12-9-18)23(29)32-24(2,3)4;1-2(3)4;/h7,10,13-14,17-18H,5-6,8-9,11-12,15H2,1-4H3;1H3,(H,3,4);1H3/b16-13+;;. The molecule has 204 valence electrons. The van der Waals surface area contributed by atoms with E-state index >= 15 is 0 Å². The fourth-order valence-electron chi connectivity index (χ4n) is 4.37. The van der Waals surface area contributed by atoms with Crippen molar-refractivity contribution in [1.82, 2.24) is 20.6 Å². The maximum Gasteiger partial charge on any atom is 0.410 e. The summed E-state index contributed by atoms with van der Waals surface area (Å²) in [6.45, 7) is 10.4. The van der Waals surface area contributed by atoms with Gasteiger partial charge in [-0.3, -0.25) is 19.9 Å². The second kappa shape index (κ2) is 12.2. The number of piperidine rings is 1. The fourth-order valence-corrected chi connectivity index (χ4v) is 4.37. The van der Waals surface area contributed by atoms with Crippen molar-refractivity contribution in [2.45, 2.75) is 78.4 Å². The Hall–Kier alpha value is -3.47. The average molecular weight is 518 g/mol. The lowest BCUT2D eigenvalue weighted by Crippen LogP contribution is -2.41. The molecule has 0 spiro atoms. The molecule has 0 atom stereocenters. The van der Waals surface area contributed by atoms with E-state index in [1.54, 1.807) is 11.0 Å². The SMILES string of the molecule is C/C(=C\c1cc2ccnc(C3CCN(C(=O)OC(C)(C)C)CC3)c2n1CC1CC1)[N+](=O)[O-].CC(=O)O.N. The fraction of sp³-hybridized carbons (Fsp3) is 0.577. The summed E-state index contributed by atoms with van der Waals surface area (Å²) in [6, 6.07) is 4.02. The van der Waals surface area contributed by atoms with E-state index < -0.39 is 11.6 Å². The van der Waals surface area contributed by atoms with Gasteiger partial charge in [-0.15, -0.1) is 0 Å². The predicted molar refractivity (Wildman–Crippen MR) is 141 cm³/mol. The number of allylic oxidation sites excluding steroid dienone is 1. The van der Waals surface area contributed by atoms with Gasteiger partial charge in [-0.05, 0) is 64.5 Å². The van der Waals surface area contributed by atoms with E-state index in [1.165, 1.54) is 19.8 Å². The van der Waals surface area contributed by atoms with Crippen molar-refractivity contribution in [3.63, 3.8) is 0 Å². The smallest absolute Gasteiger partial charge is 0.410 e. The predicted octanol–water partition coefficient (Wildman–Crippen LogP) is 5.45. The van der Waals surface area contributed by atoms with Gasteiger partial charge in [-0.2, -0.15) is 0 Å². The first kappa shape index (κ1) is 29.8. The zero-order valence-corrected chi connectivity index (χ0v) is 22.4. The van der Waals surface area contributed by atoms with Gasteiger partial charge in [-0.1, -0.05) is 0 Å². The summed E-state index contributed by atoms with van der Waals surface area (Å²) in [7, 11) is 0. The van der Waals surface area contributed by atoms with Gasteiger partial charge in [0, 0.05) is 62.8 Å². The molecule has 2 aliphatic rings. The summed E-state index contributed by atoms with van der Waals surface area (Å²) >= 11 is 0. The molecular weight excluding hydrogens is 478 g/mol. The Morgan fingerprint density at radius 1 is 1.22 bits per heavy atom. The number of aromatic nitrogens is 2. The molecule has 2 aromatic rings. The molecule has 3 heterocycles. The maximum atomic E-state index is 12.4. The zero-order valence-electron chi connectivity index (χ0n) is 22.4. The number of pyridine rings is 1. The topological polar surface area (TPSA) is 163 Å². The number of carbonyl (C=O) groups excluding carboxylic acids is 1. The Balaban J connectivity index is 0.000000898. The number of fused-ring (bicyclic) bond motifs is 1. The van der Waals surface area contributed by atoms with Crippen molar-refractivity contribution >= 4 is 29.0 Å². The number of carboxylic acids is 1. The van der Waals surface area contributed by atoms with Gasteiger partial charge in [0.2, 0.25) is 5.70 Å². The third-order valence-corrected chi connectivity index (χ3v) is 6.18. The molecule has 0 unspecified atom stereocenters. The number of nitro groups is 1. The third kappa shape index (κ3) is 8.28. The summed E-state index contributed by atoms with van der Waals surface area (Å²) in [5.41, 5.74) is 2.60. The van der Waals surface area contributed by atoms with Gasteiger partial charge in [0.05, 0.1) is 16.1 Å². The molecule has 0 bridgehead atoms. The minimum absolute atomic E-state index is 0. The first-order valence-corrected chi connectivity index (χ1v) is 12.3. The van der Waals surface area contributed by atoms with Crippen LogP contribution < -0.4 is 6.15 Å². The Labute approximate surface area is 217 Å². The van der Waals surface area contributed by atoms with Crippen LogP contribution in [0.15, 0.2) is 24.0 Å². The Bertz CT molecular complexity index is 1150. The zero-order chi connectivity index (χ0) is 26.6. The summed E-state index contributed by atoms with van der Waals surface area (Å²) in [5, 5.41) is 19.7. The molecule has 4 N–H and O–H groups in total. The van der Waals surface area contributed by atoms with E-state index in [1.807, 2.05) is 39.1 Å². The Morgan fingerprint density at radius 2 is 1.81 bits per heavy atom. The molecule has 1 saturated heterocycles. The summed E-state index contributed by atoms with van der Waals surface area (Å²) in [5.74, 6) is 0.0226. The lowest BCUT2D eigenvalue weighted by Gasteiger charge is -2.33. The van der Waals surface area contributed by atoms with Crippen molar-refractivity contribution in [2.75, 3.05) is 13.1 Å². The highest BCUT2D eigenvalue weighted by atomic mass is 16.6. The van der Waals surface area contributed by atoms with Crippen LogP contribution in [0.2, 0.25) is 0 Å². The van der Waals surface area contributed by atoms with Crippen LogP contribution in [0, 0.1) is 16.0 Å². The number of carbonyl (C=O) groups is 2. The number of ether oxygens (including phenoxy) is 1. The van der Waals surface area contributed by atoms with Crippen molar-refractivity contribution in [1.29, 1.82) is 0 Å². The van der Waals surface area contributed by atoms with Crippen LogP contribution in [0.3, 0.4) is 0 Å². The van der Waals surface area contributed by atoms with Gasteiger partial charge in [0.15, 0.2) is 0 Å². The third-order valence-electron chi connectivity index (χ3n) is 6.18. The van der Waals surface area contributed by atoms with Crippen LogP contribution in [0.5, 0.6) is 0 Å². The lowest BCUT2D eigenvalue weighted by molar-refractivity contribution is -0.422. The molecule has 1 aliphatic heterocycles. The van der Waals surface area contributed by atoms with Crippen molar-refractivity contribution in [2.24, 2.45) is 5.92 Å². The maximum absolute atomic E-state index is 12.4. The molecule has 11 nitrogen and oxygen atoms in total. The van der Waals surface area contributed by atoms with Crippen molar-refractivity contribution < 1.29 is 24.4 Å². The average Bonchev–Trinajstić information content (AvgIpc) is 3.53. The largest absolute Gasteiger partial charge is 0.481 e. The van der Waals surface area contributed by atoms with Crippen LogP contribution in [0.1, 0.15) is 77.6 Å². The quantitative estimate of drug-likeness (QED) is 0.390. The molecule has 2 fully saturated rings. The van der Waals surface area contributed by atoms with Crippen molar-refractivity contribution in [3.8, 4) is 0 Å². The van der Waals surface area contributed by atoms with Gasteiger partial charge in [0.1, 0.15) is 5.60 Å². The molecule has 1 saturated carbocycles. The van der Waals surface area contributed by atoms with E-state index in [9.17, 15) is 14.9 Å². The van der Waals surface area contributed by atoms with Crippen LogP contribution in [-0.4, -0.2) is 55.2 Å². The highest BCUT2D eigenvalue weighted by molar-refractivity contribution is 5.86. The van der Waals surface area contributed by atoms with Crippen LogP contribution >= 0.6 is 0 Å². The molecule has 2 aromatic heterocycles. The Kier molecular flexibility index (Phi) is 9.80.